The van der Waals surface area contributed by atoms with E-state index in [1.165, 1.54) is 0 Å². The van der Waals surface area contributed by atoms with Gasteiger partial charge in [-0.3, -0.25) is 0 Å². The smallest absolute Gasteiger partial charge is 0.319 e. The fourth-order valence-corrected chi connectivity index (χ4v) is 1.07. The number of aromatic nitrogens is 1. The average molecular weight is 223 g/mol. The van der Waals surface area contributed by atoms with Crippen molar-refractivity contribution in [3.05, 3.63) is 18.3 Å². The summed E-state index contributed by atoms with van der Waals surface area (Å²) in [5.41, 5.74) is 0.640. The molecule has 0 saturated heterocycles. The van der Waals surface area contributed by atoms with Gasteiger partial charge in [-0.2, -0.15) is 0 Å². The van der Waals surface area contributed by atoms with E-state index in [2.05, 4.69) is 15.6 Å². The molecule has 5 nitrogen and oxygen atoms in total. The van der Waals surface area contributed by atoms with Crippen LogP contribution in [0, 0.1) is 0 Å². The van der Waals surface area contributed by atoms with Crippen LogP contribution in [-0.2, 0) is 0 Å². The maximum absolute atomic E-state index is 11.5. The van der Waals surface area contributed by atoms with E-state index in [0.717, 1.165) is 6.42 Å². The van der Waals surface area contributed by atoms with E-state index in [4.69, 9.17) is 4.74 Å². The van der Waals surface area contributed by atoms with Gasteiger partial charge in [-0.15, -0.1) is 0 Å². The molecule has 1 aromatic rings. The van der Waals surface area contributed by atoms with Gasteiger partial charge in [0.1, 0.15) is 0 Å². The van der Waals surface area contributed by atoms with Crippen LogP contribution in [0.15, 0.2) is 18.3 Å². The Morgan fingerprint density at radius 1 is 1.56 bits per heavy atom. The lowest BCUT2D eigenvalue weighted by atomic mass is 10.3. The Labute approximate surface area is 95.2 Å². The van der Waals surface area contributed by atoms with Crippen molar-refractivity contribution in [2.45, 2.75) is 26.3 Å². The van der Waals surface area contributed by atoms with Crippen LogP contribution in [0.2, 0.25) is 0 Å². The Morgan fingerprint density at radius 3 is 2.81 bits per heavy atom. The second-order valence-electron chi connectivity index (χ2n) is 3.50. The average Bonchev–Trinajstić information content (AvgIpc) is 2.29. The molecule has 16 heavy (non-hydrogen) atoms. The van der Waals surface area contributed by atoms with E-state index in [0.29, 0.717) is 11.6 Å². The van der Waals surface area contributed by atoms with Crippen molar-refractivity contribution in [1.29, 1.82) is 0 Å². The molecular weight excluding hydrogens is 206 g/mol. The van der Waals surface area contributed by atoms with Gasteiger partial charge in [-0.05, 0) is 19.4 Å². The molecule has 2 amide bonds. The highest BCUT2D eigenvalue weighted by Gasteiger charge is 2.05. The number of hydrogen-bond donors (Lipinski definition) is 2. The maximum atomic E-state index is 11.5. The van der Waals surface area contributed by atoms with Crippen molar-refractivity contribution in [3.63, 3.8) is 0 Å². The van der Waals surface area contributed by atoms with Crippen molar-refractivity contribution in [2.24, 2.45) is 0 Å². The Kier molecular flexibility index (Phi) is 4.57. The van der Waals surface area contributed by atoms with Crippen LogP contribution < -0.4 is 15.4 Å². The van der Waals surface area contributed by atoms with Crippen LogP contribution in [0.4, 0.5) is 10.5 Å². The molecule has 0 bridgehead atoms. The van der Waals surface area contributed by atoms with Crippen molar-refractivity contribution >= 4 is 11.7 Å². The molecule has 1 atom stereocenters. The summed E-state index contributed by atoms with van der Waals surface area (Å²) in [6.07, 6.45) is 2.45. The molecule has 5 heteroatoms. The molecule has 0 aliphatic heterocycles. The number of carbonyl (C=O) groups is 1. The summed E-state index contributed by atoms with van der Waals surface area (Å²) >= 11 is 0. The molecule has 88 valence electrons. The minimum absolute atomic E-state index is 0.159. The second kappa shape index (κ2) is 5.95. The minimum Gasteiger partial charge on any atom is -0.481 e. The number of rotatable bonds is 4. The first kappa shape index (κ1) is 12.3. The van der Waals surface area contributed by atoms with E-state index in [1.807, 2.05) is 13.8 Å². The summed E-state index contributed by atoms with van der Waals surface area (Å²) in [5, 5.41) is 5.49. The topological polar surface area (TPSA) is 63.2 Å². The van der Waals surface area contributed by atoms with Crippen LogP contribution in [0.5, 0.6) is 5.88 Å². The molecule has 1 rings (SSSR count). The van der Waals surface area contributed by atoms with E-state index in [9.17, 15) is 4.79 Å². The summed E-state index contributed by atoms with van der Waals surface area (Å²) < 4.78 is 4.92. The summed E-state index contributed by atoms with van der Waals surface area (Å²) in [5.74, 6) is 0.521. The van der Waals surface area contributed by atoms with Gasteiger partial charge in [0.05, 0.1) is 19.0 Å². The minimum atomic E-state index is -0.221. The predicted molar refractivity (Wildman–Crippen MR) is 62.7 cm³/mol. The Hall–Kier alpha value is -1.78. The third kappa shape index (κ3) is 3.76. The van der Waals surface area contributed by atoms with Crippen LogP contribution in [0.1, 0.15) is 20.3 Å². The van der Waals surface area contributed by atoms with E-state index in [-0.39, 0.29) is 12.1 Å². The fourth-order valence-electron chi connectivity index (χ4n) is 1.07. The van der Waals surface area contributed by atoms with Crippen molar-refractivity contribution in [3.8, 4) is 5.88 Å². The molecule has 2 N–H and O–H groups in total. The molecule has 0 aliphatic carbocycles. The summed E-state index contributed by atoms with van der Waals surface area (Å²) in [7, 11) is 1.55. The van der Waals surface area contributed by atoms with Crippen molar-refractivity contribution in [1.82, 2.24) is 10.3 Å². The number of pyridine rings is 1. The van der Waals surface area contributed by atoms with E-state index < -0.39 is 0 Å². The van der Waals surface area contributed by atoms with Crippen LogP contribution in [-0.4, -0.2) is 24.2 Å². The zero-order valence-corrected chi connectivity index (χ0v) is 9.78. The number of nitrogens with one attached hydrogen (secondary N) is 2. The van der Waals surface area contributed by atoms with E-state index in [1.54, 1.807) is 25.4 Å². The number of amides is 2. The normalized spacial score (nSPS) is 11.7. The molecule has 0 saturated carbocycles. The lowest BCUT2D eigenvalue weighted by Crippen LogP contribution is -2.35. The van der Waals surface area contributed by atoms with Gasteiger partial charge in [-0.1, -0.05) is 6.92 Å². The molecule has 1 heterocycles. The van der Waals surface area contributed by atoms with Gasteiger partial charge in [0, 0.05) is 12.1 Å². The van der Waals surface area contributed by atoms with Gasteiger partial charge in [0.2, 0.25) is 5.88 Å². The summed E-state index contributed by atoms with van der Waals surface area (Å²) in [6.45, 7) is 3.96. The van der Waals surface area contributed by atoms with Crippen molar-refractivity contribution < 1.29 is 9.53 Å². The van der Waals surface area contributed by atoms with Crippen LogP contribution in [0.3, 0.4) is 0 Å². The Bertz CT molecular complexity index is 338. The third-order valence-corrected chi connectivity index (χ3v) is 2.19. The zero-order chi connectivity index (χ0) is 12.0. The van der Waals surface area contributed by atoms with Crippen molar-refractivity contribution in [2.75, 3.05) is 12.4 Å². The van der Waals surface area contributed by atoms with Gasteiger partial charge in [0.15, 0.2) is 0 Å². The van der Waals surface area contributed by atoms with Gasteiger partial charge in [0.25, 0.3) is 0 Å². The van der Waals surface area contributed by atoms with Crippen LogP contribution >= 0.6 is 0 Å². The number of methoxy groups -OCH3 is 1. The lowest BCUT2D eigenvalue weighted by Gasteiger charge is -2.12. The van der Waals surface area contributed by atoms with Gasteiger partial charge < -0.3 is 15.4 Å². The molecule has 0 spiro atoms. The highest BCUT2D eigenvalue weighted by Crippen LogP contribution is 2.10. The second-order valence-corrected chi connectivity index (χ2v) is 3.50. The maximum Gasteiger partial charge on any atom is 0.319 e. The number of urea groups is 1. The monoisotopic (exact) mass is 223 g/mol. The molecule has 0 radical (unpaired) electrons. The molecular formula is C11H17N3O2. The molecule has 0 unspecified atom stereocenters. The quantitative estimate of drug-likeness (QED) is 0.820. The Morgan fingerprint density at radius 2 is 2.31 bits per heavy atom. The number of ether oxygens (including phenoxy) is 1. The Balaban J connectivity index is 2.49. The summed E-state index contributed by atoms with van der Waals surface area (Å²) in [6, 6.07) is 3.37. The number of anilines is 1. The molecule has 0 fully saturated rings. The molecule has 1 aromatic heterocycles. The van der Waals surface area contributed by atoms with E-state index >= 15 is 0 Å². The first-order valence-electron chi connectivity index (χ1n) is 5.23. The van der Waals surface area contributed by atoms with Crippen LogP contribution in [0.25, 0.3) is 0 Å². The zero-order valence-electron chi connectivity index (χ0n) is 9.78. The largest absolute Gasteiger partial charge is 0.481 e. The fraction of sp³-hybridized carbons (Fsp3) is 0.455. The molecule has 0 aliphatic rings. The number of hydrogen-bond acceptors (Lipinski definition) is 3. The predicted octanol–water partition coefficient (Wildman–Crippen LogP) is 2.01. The highest BCUT2D eigenvalue weighted by molar-refractivity contribution is 5.89. The first-order chi connectivity index (χ1) is 7.65. The standard InChI is InChI=1S/C11H17N3O2/c1-4-8(2)13-11(15)14-9-5-6-10(16-3)12-7-9/h5-8H,4H2,1-3H3,(H2,13,14,15)/t8-/m1/s1. The lowest BCUT2D eigenvalue weighted by molar-refractivity contribution is 0.249. The number of nitrogens with zero attached hydrogens (tertiary/aromatic N) is 1. The van der Waals surface area contributed by atoms with Gasteiger partial charge >= 0.3 is 6.03 Å². The number of carbonyl (C=O) groups excluding carboxylic acids is 1. The third-order valence-electron chi connectivity index (χ3n) is 2.19. The molecule has 0 aromatic carbocycles. The van der Waals surface area contributed by atoms with Gasteiger partial charge in [-0.25, -0.2) is 9.78 Å². The first-order valence-corrected chi connectivity index (χ1v) is 5.23. The summed E-state index contributed by atoms with van der Waals surface area (Å²) in [4.78, 5) is 15.4. The SMILES string of the molecule is CC[C@@H](C)NC(=O)Nc1ccc(OC)nc1. The highest BCUT2D eigenvalue weighted by atomic mass is 16.5.